The normalized spacial score (nSPS) is 12.8. The van der Waals surface area contributed by atoms with E-state index in [0.717, 1.165) is 16.4 Å². The molecule has 0 N–H and O–H groups in total. The summed E-state index contributed by atoms with van der Waals surface area (Å²) >= 11 is 5.52. The van der Waals surface area contributed by atoms with E-state index in [1.54, 1.807) is 13.8 Å². The fourth-order valence-corrected chi connectivity index (χ4v) is 3.49. The number of aromatic nitrogens is 1. The second-order valence-electron chi connectivity index (χ2n) is 5.20. The van der Waals surface area contributed by atoms with Gasteiger partial charge in [-0.3, -0.25) is 0 Å². The SMILES string of the molecule is Cc1noc(C)c1CN(C)S(=O)(=O)c1ccc(Cl)c(C(F)(F)F)c1. The number of sulfonamides is 1. The molecule has 10 heteroatoms. The second kappa shape index (κ2) is 6.38. The second-order valence-corrected chi connectivity index (χ2v) is 7.66. The monoisotopic (exact) mass is 382 g/mol. The fourth-order valence-electron chi connectivity index (χ4n) is 2.10. The van der Waals surface area contributed by atoms with E-state index in [9.17, 15) is 21.6 Å². The highest BCUT2D eigenvalue weighted by Crippen LogP contribution is 2.36. The minimum atomic E-state index is -4.75. The summed E-state index contributed by atoms with van der Waals surface area (Å²) in [4.78, 5) is -0.492. The zero-order chi connectivity index (χ0) is 18.3. The lowest BCUT2D eigenvalue weighted by Gasteiger charge is -2.18. The van der Waals surface area contributed by atoms with Crippen molar-refractivity contribution in [3.63, 3.8) is 0 Å². The smallest absolute Gasteiger partial charge is 0.361 e. The molecular formula is C14H14ClF3N2O3S. The molecule has 1 aromatic heterocycles. The zero-order valence-corrected chi connectivity index (χ0v) is 14.6. The van der Waals surface area contributed by atoms with Crippen molar-refractivity contribution in [1.29, 1.82) is 0 Å². The number of alkyl halides is 3. The molecule has 2 rings (SSSR count). The molecule has 0 saturated heterocycles. The Hall–Kier alpha value is -1.58. The molecule has 0 bridgehead atoms. The molecule has 1 heterocycles. The van der Waals surface area contributed by atoms with Crippen LogP contribution in [0.1, 0.15) is 22.6 Å². The summed E-state index contributed by atoms with van der Waals surface area (Å²) in [6.07, 6.45) is -4.75. The lowest BCUT2D eigenvalue weighted by molar-refractivity contribution is -0.137. The average Bonchev–Trinajstić information content (AvgIpc) is 2.78. The van der Waals surface area contributed by atoms with Crippen LogP contribution in [-0.2, 0) is 22.7 Å². The maximum Gasteiger partial charge on any atom is 0.417 e. The van der Waals surface area contributed by atoms with Crippen LogP contribution < -0.4 is 0 Å². The van der Waals surface area contributed by atoms with E-state index in [0.29, 0.717) is 23.1 Å². The predicted molar refractivity (Wildman–Crippen MR) is 81.1 cm³/mol. The summed E-state index contributed by atoms with van der Waals surface area (Å²) in [6, 6.07) is 2.49. The van der Waals surface area contributed by atoms with Gasteiger partial charge in [0.25, 0.3) is 0 Å². The maximum atomic E-state index is 12.9. The first kappa shape index (κ1) is 18.8. The number of hydrogen-bond donors (Lipinski definition) is 0. The summed E-state index contributed by atoms with van der Waals surface area (Å²) in [6.45, 7) is 3.20. The first-order valence-corrected chi connectivity index (χ1v) is 8.51. The van der Waals surface area contributed by atoms with Crippen LogP contribution in [0.3, 0.4) is 0 Å². The van der Waals surface area contributed by atoms with Crippen molar-refractivity contribution in [2.24, 2.45) is 0 Å². The van der Waals surface area contributed by atoms with Crippen molar-refractivity contribution in [3.05, 3.63) is 45.8 Å². The van der Waals surface area contributed by atoms with E-state index in [1.165, 1.54) is 7.05 Å². The minimum Gasteiger partial charge on any atom is -0.361 e. The Labute approximate surface area is 142 Å². The minimum absolute atomic E-state index is 0.0759. The quantitative estimate of drug-likeness (QED) is 0.807. The van der Waals surface area contributed by atoms with Gasteiger partial charge in [-0.15, -0.1) is 0 Å². The van der Waals surface area contributed by atoms with Gasteiger partial charge in [0, 0.05) is 19.2 Å². The number of hydrogen-bond acceptors (Lipinski definition) is 4. The van der Waals surface area contributed by atoms with Crippen molar-refractivity contribution in [1.82, 2.24) is 9.46 Å². The van der Waals surface area contributed by atoms with Crippen LogP contribution in [-0.4, -0.2) is 24.9 Å². The number of nitrogens with zero attached hydrogens (tertiary/aromatic N) is 2. The maximum absolute atomic E-state index is 12.9. The van der Waals surface area contributed by atoms with Gasteiger partial charge in [-0.1, -0.05) is 16.8 Å². The van der Waals surface area contributed by atoms with Gasteiger partial charge in [0.15, 0.2) is 0 Å². The average molecular weight is 383 g/mol. The molecule has 0 radical (unpaired) electrons. The van der Waals surface area contributed by atoms with Crippen molar-refractivity contribution in [2.75, 3.05) is 7.05 Å². The third-order valence-corrected chi connectivity index (χ3v) is 5.64. The lowest BCUT2D eigenvalue weighted by atomic mass is 10.2. The standard InChI is InChI=1S/C14H14ClF3N2O3S/c1-8-11(9(2)23-19-8)7-20(3)24(21,22)10-4-5-13(15)12(6-10)14(16,17)18/h4-6H,7H2,1-3H3. The Bertz CT molecular complexity index is 843. The molecule has 24 heavy (non-hydrogen) atoms. The largest absolute Gasteiger partial charge is 0.417 e. The highest BCUT2D eigenvalue weighted by molar-refractivity contribution is 7.89. The number of aryl methyl sites for hydroxylation is 2. The topological polar surface area (TPSA) is 63.4 Å². The molecule has 132 valence electrons. The van der Waals surface area contributed by atoms with Gasteiger partial charge in [-0.05, 0) is 32.0 Å². The Morgan fingerprint density at radius 2 is 1.92 bits per heavy atom. The molecule has 0 saturated carbocycles. The molecule has 0 amide bonds. The first-order valence-electron chi connectivity index (χ1n) is 6.69. The van der Waals surface area contributed by atoms with Gasteiger partial charge in [0.2, 0.25) is 10.0 Å². The summed E-state index contributed by atoms with van der Waals surface area (Å²) in [7, 11) is -2.88. The van der Waals surface area contributed by atoms with E-state index >= 15 is 0 Å². The van der Waals surface area contributed by atoms with Crippen molar-refractivity contribution >= 4 is 21.6 Å². The van der Waals surface area contributed by atoms with Crippen LogP contribution in [0.5, 0.6) is 0 Å². The van der Waals surface area contributed by atoms with Crippen molar-refractivity contribution in [3.8, 4) is 0 Å². The van der Waals surface area contributed by atoms with Gasteiger partial charge in [-0.25, -0.2) is 8.42 Å². The Kier molecular flexibility index (Phi) is 4.98. The molecule has 0 aliphatic carbocycles. The molecule has 0 aliphatic rings. The van der Waals surface area contributed by atoms with E-state index in [2.05, 4.69) is 5.16 Å². The van der Waals surface area contributed by atoms with E-state index in [1.807, 2.05) is 0 Å². The Balaban J connectivity index is 2.40. The molecule has 5 nitrogen and oxygen atoms in total. The molecule has 0 atom stereocenters. The third-order valence-electron chi connectivity index (χ3n) is 3.51. The molecule has 2 aromatic rings. The molecule has 0 aliphatic heterocycles. The summed E-state index contributed by atoms with van der Waals surface area (Å²) in [5, 5.41) is 3.16. The van der Waals surface area contributed by atoms with Gasteiger partial charge in [0.1, 0.15) is 5.76 Å². The van der Waals surface area contributed by atoms with Crippen LogP contribution in [0.2, 0.25) is 5.02 Å². The molecule has 0 fully saturated rings. The van der Waals surface area contributed by atoms with Crippen molar-refractivity contribution in [2.45, 2.75) is 31.5 Å². The summed E-state index contributed by atoms with van der Waals surface area (Å²) in [5.41, 5.74) is -0.122. The van der Waals surface area contributed by atoms with E-state index in [4.69, 9.17) is 16.1 Å². The number of halogens is 4. The molecular weight excluding hydrogens is 369 g/mol. The van der Waals surface area contributed by atoms with E-state index < -0.39 is 31.7 Å². The molecule has 1 aromatic carbocycles. The van der Waals surface area contributed by atoms with Crippen LogP contribution in [0.15, 0.2) is 27.6 Å². The summed E-state index contributed by atoms with van der Waals surface area (Å²) in [5.74, 6) is 0.446. The van der Waals surface area contributed by atoms with Gasteiger partial charge < -0.3 is 4.52 Å². The predicted octanol–water partition coefficient (Wildman–Crippen LogP) is 3.78. The van der Waals surface area contributed by atoms with Crippen LogP contribution in [0, 0.1) is 13.8 Å². The first-order chi connectivity index (χ1) is 10.9. The van der Waals surface area contributed by atoms with Crippen LogP contribution >= 0.6 is 11.6 Å². The molecule has 0 spiro atoms. The fraction of sp³-hybridized carbons (Fsp3) is 0.357. The Morgan fingerprint density at radius 3 is 2.42 bits per heavy atom. The van der Waals surface area contributed by atoms with Crippen LogP contribution in [0.4, 0.5) is 13.2 Å². The van der Waals surface area contributed by atoms with Gasteiger partial charge >= 0.3 is 6.18 Å². The van der Waals surface area contributed by atoms with Gasteiger partial charge in [0.05, 0.1) is 21.2 Å². The number of rotatable bonds is 4. The number of benzene rings is 1. The highest BCUT2D eigenvalue weighted by atomic mass is 35.5. The van der Waals surface area contributed by atoms with Gasteiger partial charge in [-0.2, -0.15) is 17.5 Å². The third kappa shape index (κ3) is 3.57. The highest BCUT2D eigenvalue weighted by Gasteiger charge is 2.35. The molecule has 0 unspecified atom stereocenters. The Morgan fingerprint density at radius 1 is 1.29 bits per heavy atom. The lowest BCUT2D eigenvalue weighted by Crippen LogP contribution is -2.27. The van der Waals surface area contributed by atoms with E-state index in [-0.39, 0.29) is 6.54 Å². The zero-order valence-electron chi connectivity index (χ0n) is 13.0. The van der Waals surface area contributed by atoms with Crippen LogP contribution in [0.25, 0.3) is 0 Å². The summed E-state index contributed by atoms with van der Waals surface area (Å²) < 4.78 is 69.7. The van der Waals surface area contributed by atoms with Crippen molar-refractivity contribution < 1.29 is 26.1 Å².